The summed E-state index contributed by atoms with van der Waals surface area (Å²) in [5, 5.41) is 0.569. The summed E-state index contributed by atoms with van der Waals surface area (Å²) in [6.07, 6.45) is 5.59. The lowest BCUT2D eigenvalue weighted by atomic mass is 10.0. The number of carbonyl (C=O) groups excluding carboxylic acids is 1. The molecule has 154 valence electrons. The Balaban J connectivity index is 1.39. The number of rotatable bonds is 5. The number of amides is 1. The van der Waals surface area contributed by atoms with E-state index in [0.717, 1.165) is 18.7 Å². The minimum Gasteiger partial charge on any atom is -0.408 e. The van der Waals surface area contributed by atoms with Crippen LogP contribution < -0.4 is 5.76 Å². The van der Waals surface area contributed by atoms with Crippen LogP contribution >= 0.6 is 11.6 Å². The van der Waals surface area contributed by atoms with Crippen molar-refractivity contribution in [1.82, 2.24) is 19.0 Å². The Morgan fingerprint density at radius 2 is 2.07 bits per heavy atom. The van der Waals surface area contributed by atoms with Crippen molar-refractivity contribution in [3.05, 3.63) is 52.0 Å². The van der Waals surface area contributed by atoms with Crippen molar-refractivity contribution in [2.75, 3.05) is 13.1 Å². The summed E-state index contributed by atoms with van der Waals surface area (Å²) in [6.45, 7) is 6.09. The summed E-state index contributed by atoms with van der Waals surface area (Å²) in [5.74, 6) is 1.10. The van der Waals surface area contributed by atoms with Crippen LogP contribution in [0.15, 0.2) is 39.8 Å². The molecule has 3 heterocycles. The third-order valence-corrected chi connectivity index (χ3v) is 5.82. The largest absolute Gasteiger partial charge is 0.420 e. The molecule has 4 rings (SSSR count). The zero-order valence-corrected chi connectivity index (χ0v) is 17.4. The Morgan fingerprint density at radius 3 is 2.79 bits per heavy atom. The van der Waals surface area contributed by atoms with Crippen molar-refractivity contribution >= 4 is 28.6 Å². The number of likely N-dealkylation sites (tertiary alicyclic amines) is 1. The van der Waals surface area contributed by atoms with E-state index in [4.69, 9.17) is 16.0 Å². The van der Waals surface area contributed by atoms with Gasteiger partial charge in [0.1, 0.15) is 5.82 Å². The van der Waals surface area contributed by atoms with Gasteiger partial charge in [0.05, 0.1) is 5.52 Å². The van der Waals surface area contributed by atoms with Gasteiger partial charge in [-0.2, -0.15) is 0 Å². The van der Waals surface area contributed by atoms with Gasteiger partial charge < -0.3 is 13.9 Å². The summed E-state index contributed by atoms with van der Waals surface area (Å²) >= 11 is 6.09. The number of oxazole rings is 1. The SMILES string of the molecule is CC(C)c1nccn1CCC(=O)N1CCC(n2c(=O)oc3ccc(Cl)cc32)CC1. The number of fused-ring (bicyclic) bond motifs is 1. The van der Waals surface area contributed by atoms with Gasteiger partial charge in [0, 0.05) is 55.4 Å². The fraction of sp³-hybridized carbons (Fsp3) is 0.476. The van der Waals surface area contributed by atoms with Gasteiger partial charge in [-0.15, -0.1) is 0 Å². The molecule has 0 aliphatic carbocycles. The molecule has 0 radical (unpaired) electrons. The Bertz CT molecular complexity index is 1070. The van der Waals surface area contributed by atoms with Crippen LogP contribution in [-0.2, 0) is 11.3 Å². The van der Waals surface area contributed by atoms with E-state index < -0.39 is 0 Å². The molecular formula is C21H25ClN4O3. The lowest BCUT2D eigenvalue weighted by Gasteiger charge is -2.32. The zero-order chi connectivity index (χ0) is 20.5. The molecule has 2 aromatic heterocycles. The number of carbonyl (C=O) groups is 1. The topological polar surface area (TPSA) is 73.3 Å². The van der Waals surface area contributed by atoms with E-state index in [9.17, 15) is 9.59 Å². The first-order valence-electron chi connectivity index (χ1n) is 10.0. The van der Waals surface area contributed by atoms with Crippen LogP contribution in [0.3, 0.4) is 0 Å². The van der Waals surface area contributed by atoms with Gasteiger partial charge >= 0.3 is 5.76 Å². The molecule has 3 aromatic rings. The highest BCUT2D eigenvalue weighted by atomic mass is 35.5. The van der Waals surface area contributed by atoms with Gasteiger partial charge in [0.25, 0.3) is 0 Å². The number of piperidine rings is 1. The fourth-order valence-electron chi connectivity index (χ4n) is 4.11. The average Bonchev–Trinajstić information content (AvgIpc) is 3.30. The van der Waals surface area contributed by atoms with Gasteiger partial charge in [0.15, 0.2) is 5.58 Å². The zero-order valence-electron chi connectivity index (χ0n) is 16.7. The van der Waals surface area contributed by atoms with Crippen molar-refractivity contribution < 1.29 is 9.21 Å². The molecule has 0 atom stereocenters. The monoisotopic (exact) mass is 416 g/mol. The Hall–Kier alpha value is -2.54. The predicted octanol–water partition coefficient (Wildman–Crippen LogP) is 3.82. The molecule has 1 saturated heterocycles. The molecule has 0 bridgehead atoms. The van der Waals surface area contributed by atoms with Crippen molar-refractivity contribution in [3.63, 3.8) is 0 Å². The number of aryl methyl sites for hydroxylation is 1. The second-order valence-electron chi connectivity index (χ2n) is 7.85. The fourth-order valence-corrected chi connectivity index (χ4v) is 4.28. The molecule has 1 amide bonds. The molecule has 0 spiro atoms. The molecule has 0 unspecified atom stereocenters. The first-order valence-corrected chi connectivity index (χ1v) is 10.4. The Labute approximate surface area is 173 Å². The quantitative estimate of drug-likeness (QED) is 0.633. The Kier molecular flexibility index (Phi) is 5.50. The highest BCUT2D eigenvalue weighted by molar-refractivity contribution is 6.31. The molecule has 1 aliphatic heterocycles. The standard InChI is InChI=1S/C21H25ClN4O3/c1-14(2)20-23-8-12-25(20)11-7-19(27)24-9-5-16(6-10-24)26-17-13-15(22)3-4-18(17)29-21(26)28/h3-4,8,12-14,16H,5-7,9-11H2,1-2H3. The Morgan fingerprint density at radius 1 is 1.31 bits per heavy atom. The smallest absolute Gasteiger partial charge is 0.408 e. The lowest BCUT2D eigenvalue weighted by molar-refractivity contribution is -0.132. The second kappa shape index (κ2) is 8.06. The number of aromatic nitrogens is 3. The first-order chi connectivity index (χ1) is 13.9. The molecule has 29 heavy (non-hydrogen) atoms. The molecule has 1 fully saturated rings. The molecule has 8 heteroatoms. The van der Waals surface area contributed by atoms with Crippen molar-refractivity contribution in [1.29, 1.82) is 0 Å². The maximum absolute atomic E-state index is 12.7. The van der Waals surface area contributed by atoms with Crippen LogP contribution in [0.4, 0.5) is 0 Å². The van der Waals surface area contributed by atoms with E-state index in [-0.39, 0.29) is 17.7 Å². The number of imidazole rings is 1. The van der Waals surface area contributed by atoms with Crippen LogP contribution in [0.2, 0.25) is 5.02 Å². The summed E-state index contributed by atoms with van der Waals surface area (Å²) in [7, 11) is 0. The lowest BCUT2D eigenvalue weighted by Crippen LogP contribution is -2.40. The number of hydrogen-bond donors (Lipinski definition) is 0. The number of halogens is 1. The minimum atomic E-state index is -0.367. The van der Waals surface area contributed by atoms with Gasteiger partial charge in [-0.3, -0.25) is 9.36 Å². The summed E-state index contributed by atoms with van der Waals surface area (Å²) in [6, 6.07) is 5.20. The van der Waals surface area contributed by atoms with Gasteiger partial charge in [-0.1, -0.05) is 25.4 Å². The van der Waals surface area contributed by atoms with E-state index in [0.29, 0.717) is 48.1 Å². The third kappa shape index (κ3) is 3.96. The summed E-state index contributed by atoms with van der Waals surface area (Å²) in [4.78, 5) is 31.3. The van der Waals surface area contributed by atoms with Crippen molar-refractivity contribution in [2.24, 2.45) is 0 Å². The number of nitrogens with zero attached hydrogens (tertiary/aromatic N) is 4. The summed E-state index contributed by atoms with van der Waals surface area (Å²) < 4.78 is 9.09. The van der Waals surface area contributed by atoms with E-state index in [2.05, 4.69) is 23.4 Å². The van der Waals surface area contributed by atoms with Crippen LogP contribution in [0.1, 0.15) is 50.9 Å². The van der Waals surface area contributed by atoms with E-state index in [1.165, 1.54) is 0 Å². The molecule has 7 nitrogen and oxygen atoms in total. The molecule has 1 aliphatic rings. The molecule has 0 N–H and O–H groups in total. The van der Waals surface area contributed by atoms with Crippen LogP contribution in [0.25, 0.3) is 11.1 Å². The van der Waals surface area contributed by atoms with E-state index in [1.54, 1.807) is 29.0 Å². The van der Waals surface area contributed by atoms with Gasteiger partial charge in [0.2, 0.25) is 5.91 Å². The van der Waals surface area contributed by atoms with Gasteiger partial charge in [-0.05, 0) is 31.0 Å². The molecular weight excluding hydrogens is 392 g/mol. The maximum Gasteiger partial charge on any atom is 0.420 e. The highest BCUT2D eigenvalue weighted by Crippen LogP contribution is 2.27. The van der Waals surface area contributed by atoms with Crippen LogP contribution in [0.5, 0.6) is 0 Å². The minimum absolute atomic E-state index is 0.00691. The average molecular weight is 417 g/mol. The molecule has 1 aromatic carbocycles. The van der Waals surface area contributed by atoms with Gasteiger partial charge in [-0.25, -0.2) is 9.78 Å². The number of benzene rings is 1. The summed E-state index contributed by atoms with van der Waals surface area (Å²) in [5.41, 5.74) is 1.26. The second-order valence-corrected chi connectivity index (χ2v) is 8.28. The highest BCUT2D eigenvalue weighted by Gasteiger charge is 2.27. The van der Waals surface area contributed by atoms with E-state index in [1.807, 2.05) is 11.1 Å². The van der Waals surface area contributed by atoms with Crippen molar-refractivity contribution in [3.8, 4) is 0 Å². The van der Waals surface area contributed by atoms with E-state index >= 15 is 0 Å². The van der Waals surface area contributed by atoms with Crippen LogP contribution in [-0.4, -0.2) is 38.0 Å². The van der Waals surface area contributed by atoms with Crippen LogP contribution in [0, 0.1) is 0 Å². The molecule has 0 saturated carbocycles. The normalized spacial score (nSPS) is 15.5. The van der Waals surface area contributed by atoms with Crippen molar-refractivity contribution in [2.45, 2.75) is 51.6 Å². The first kappa shape index (κ1) is 19.8. The predicted molar refractivity (Wildman–Crippen MR) is 111 cm³/mol. The third-order valence-electron chi connectivity index (χ3n) is 5.59. The number of hydrogen-bond acceptors (Lipinski definition) is 4. The maximum atomic E-state index is 12.7.